The molecule has 4 heteroatoms. The van der Waals surface area contributed by atoms with Gasteiger partial charge in [0.1, 0.15) is 10.8 Å². The molecule has 4 saturated carbocycles. The van der Waals surface area contributed by atoms with Gasteiger partial charge in [0, 0.05) is 0 Å². The first-order valence-electron chi connectivity index (χ1n) is 7.56. The van der Waals surface area contributed by atoms with Crippen LogP contribution < -0.4 is 5.73 Å². The zero-order valence-electron chi connectivity index (χ0n) is 11.5. The van der Waals surface area contributed by atoms with Gasteiger partial charge in [-0.05, 0) is 68.6 Å². The fourth-order valence-electron chi connectivity index (χ4n) is 5.61. The van der Waals surface area contributed by atoms with E-state index < -0.39 is 0 Å². The van der Waals surface area contributed by atoms with Crippen LogP contribution in [-0.4, -0.2) is 9.78 Å². The molecule has 1 heterocycles. The second-order valence-electron chi connectivity index (χ2n) is 7.28. The van der Waals surface area contributed by atoms with Gasteiger partial charge in [-0.25, -0.2) is 4.68 Å². The van der Waals surface area contributed by atoms with Crippen LogP contribution in [0.15, 0.2) is 6.20 Å². The minimum Gasteiger partial charge on any atom is -0.383 e. The Morgan fingerprint density at radius 3 is 2.21 bits per heavy atom. The van der Waals surface area contributed by atoms with Crippen molar-refractivity contribution in [2.45, 2.75) is 51.5 Å². The number of nitrogens with two attached hydrogens (primary N) is 1. The van der Waals surface area contributed by atoms with Gasteiger partial charge < -0.3 is 5.73 Å². The molecule has 4 aliphatic carbocycles. The number of hydrogen-bond donors (Lipinski definition) is 1. The summed E-state index contributed by atoms with van der Waals surface area (Å²) in [5, 5.41) is 5.03. The second kappa shape index (κ2) is 3.91. The van der Waals surface area contributed by atoms with Gasteiger partial charge in [-0.15, -0.1) is 0 Å². The Kier molecular flexibility index (Phi) is 2.48. The maximum atomic E-state index is 6.09. The van der Waals surface area contributed by atoms with Gasteiger partial charge in [0.05, 0.1) is 12.2 Å². The molecule has 4 bridgehead atoms. The van der Waals surface area contributed by atoms with E-state index in [4.69, 9.17) is 17.3 Å². The van der Waals surface area contributed by atoms with Crippen LogP contribution in [0, 0.1) is 23.2 Å². The van der Waals surface area contributed by atoms with E-state index >= 15 is 0 Å². The Morgan fingerprint density at radius 1 is 1.26 bits per heavy atom. The van der Waals surface area contributed by atoms with Crippen LogP contribution in [0.2, 0.25) is 5.02 Å². The first-order valence-corrected chi connectivity index (χ1v) is 7.94. The van der Waals surface area contributed by atoms with E-state index in [1.165, 1.54) is 38.5 Å². The third-order valence-electron chi connectivity index (χ3n) is 6.13. The van der Waals surface area contributed by atoms with Crippen LogP contribution >= 0.6 is 11.6 Å². The van der Waals surface area contributed by atoms with Gasteiger partial charge in [0.25, 0.3) is 0 Å². The number of nitrogens with zero attached hydrogens (tertiary/aromatic N) is 2. The molecule has 0 radical (unpaired) electrons. The molecule has 4 fully saturated rings. The van der Waals surface area contributed by atoms with E-state index in [0.717, 1.165) is 17.8 Å². The molecular weight excluding hydrogens is 258 g/mol. The Bertz CT molecular complexity index is 472. The molecule has 5 rings (SSSR count). The fraction of sp³-hybridized carbons (Fsp3) is 0.800. The summed E-state index contributed by atoms with van der Waals surface area (Å²) in [5.74, 6) is 3.52. The lowest BCUT2D eigenvalue weighted by atomic mass is 9.48. The van der Waals surface area contributed by atoms with Crippen LogP contribution in [0.3, 0.4) is 0 Å². The summed E-state index contributed by atoms with van der Waals surface area (Å²) in [6.07, 6.45) is 10.2. The highest BCUT2D eigenvalue weighted by Crippen LogP contribution is 2.63. The van der Waals surface area contributed by atoms with Crippen LogP contribution in [0.5, 0.6) is 0 Å². The molecule has 19 heavy (non-hydrogen) atoms. The Hall–Kier alpha value is -0.700. The molecule has 104 valence electrons. The standard InChI is InChI=1S/C15H22ClN3/c1-9(19-14(17)13(16)8-18-19)15-5-10-2-11(6-15)4-12(3-10)7-15/h8-12H,2-7,17H2,1H3. The molecule has 0 spiro atoms. The van der Waals surface area contributed by atoms with Crippen molar-refractivity contribution >= 4 is 17.4 Å². The van der Waals surface area contributed by atoms with Crippen molar-refractivity contribution in [2.24, 2.45) is 23.2 Å². The average Bonchev–Trinajstić information content (AvgIpc) is 2.67. The monoisotopic (exact) mass is 279 g/mol. The molecule has 1 atom stereocenters. The van der Waals surface area contributed by atoms with Crippen LogP contribution in [0.1, 0.15) is 51.5 Å². The van der Waals surface area contributed by atoms with Crippen molar-refractivity contribution < 1.29 is 0 Å². The Labute approximate surface area is 119 Å². The van der Waals surface area contributed by atoms with Gasteiger partial charge in [-0.3, -0.25) is 0 Å². The minimum atomic E-state index is 0.383. The topological polar surface area (TPSA) is 43.8 Å². The number of halogens is 1. The van der Waals surface area contributed by atoms with Crippen molar-refractivity contribution in [3.63, 3.8) is 0 Å². The molecule has 2 N–H and O–H groups in total. The first kappa shape index (κ1) is 12.1. The van der Waals surface area contributed by atoms with Crippen LogP contribution in [-0.2, 0) is 0 Å². The third-order valence-corrected chi connectivity index (χ3v) is 6.42. The smallest absolute Gasteiger partial charge is 0.140 e. The van der Waals surface area contributed by atoms with E-state index in [1.807, 2.05) is 4.68 Å². The predicted octanol–water partition coefficient (Wildman–Crippen LogP) is 3.90. The van der Waals surface area contributed by atoms with E-state index in [0.29, 0.717) is 22.3 Å². The Balaban J connectivity index is 1.69. The lowest BCUT2D eigenvalue weighted by Gasteiger charge is -2.59. The van der Waals surface area contributed by atoms with E-state index in [1.54, 1.807) is 6.20 Å². The van der Waals surface area contributed by atoms with E-state index in [2.05, 4.69) is 12.0 Å². The number of aromatic nitrogens is 2. The summed E-state index contributed by atoms with van der Waals surface area (Å²) in [6, 6.07) is 0.383. The average molecular weight is 280 g/mol. The third kappa shape index (κ3) is 1.67. The van der Waals surface area contributed by atoms with Gasteiger partial charge in [0.15, 0.2) is 0 Å². The maximum absolute atomic E-state index is 6.09. The van der Waals surface area contributed by atoms with Crippen molar-refractivity contribution in [2.75, 3.05) is 5.73 Å². The molecule has 0 saturated heterocycles. The molecule has 0 aliphatic heterocycles. The number of rotatable bonds is 2. The highest BCUT2D eigenvalue weighted by molar-refractivity contribution is 6.32. The quantitative estimate of drug-likeness (QED) is 0.892. The van der Waals surface area contributed by atoms with Gasteiger partial charge in [-0.2, -0.15) is 5.10 Å². The molecule has 4 aliphatic rings. The second-order valence-corrected chi connectivity index (χ2v) is 7.69. The molecule has 0 amide bonds. The molecule has 1 unspecified atom stereocenters. The summed E-state index contributed by atoms with van der Waals surface area (Å²) in [7, 11) is 0. The lowest BCUT2D eigenvalue weighted by Crippen LogP contribution is -2.49. The zero-order valence-corrected chi connectivity index (χ0v) is 12.2. The highest BCUT2D eigenvalue weighted by atomic mass is 35.5. The lowest BCUT2D eigenvalue weighted by molar-refractivity contribution is -0.0805. The summed E-state index contributed by atoms with van der Waals surface area (Å²) >= 11 is 6.07. The fourth-order valence-corrected chi connectivity index (χ4v) is 5.74. The normalized spacial score (nSPS) is 41.7. The zero-order chi connectivity index (χ0) is 13.2. The summed E-state index contributed by atoms with van der Waals surface area (Å²) in [4.78, 5) is 0. The van der Waals surface area contributed by atoms with Crippen molar-refractivity contribution in [1.29, 1.82) is 0 Å². The maximum Gasteiger partial charge on any atom is 0.140 e. The molecule has 1 aromatic heterocycles. The molecule has 0 aromatic carbocycles. The van der Waals surface area contributed by atoms with Crippen molar-refractivity contribution in [3.8, 4) is 0 Å². The SMILES string of the molecule is CC(n1ncc(Cl)c1N)C12CC3CC(CC(C3)C1)C2. The minimum absolute atomic E-state index is 0.383. The molecular formula is C15H22ClN3. The van der Waals surface area contributed by atoms with Crippen molar-refractivity contribution in [1.82, 2.24) is 9.78 Å². The number of anilines is 1. The predicted molar refractivity (Wildman–Crippen MR) is 77.0 cm³/mol. The van der Waals surface area contributed by atoms with Gasteiger partial charge in [0.2, 0.25) is 0 Å². The first-order chi connectivity index (χ1) is 9.07. The van der Waals surface area contributed by atoms with Gasteiger partial charge >= 0.3 is 0 Å². The van der Waals surface area contributed by atoms with Gasteiger partial charge in [-0.1, -0.05) is 11.6 Å². The Morgan fingerprint density at radius 2 is 1.79 bits per heavy atom. The summed E-state index contributed by atoms with van der Waals surface area (Å²) in [6.45, 7) is 2.30. The van der Waals surface area contributed by atoms with E-state index in [9.17, 15) is 0 Å². The highest BCUT2D eigenvalue weighted by Gasteiger charge is 2.53. The summed E-state index contributed by atoms with van der Waals surface area (Å²) < 4.78 is 1.98. The molecule has 1 aromatic rings. The van der Waals surface area contributed by atoms with Crippen LogP contribution in [0.4, 0.5) is 5.82 Å². The number of nitrogen functional groups attached to an aromatic ring is 1. The van der Waals surface area contributed by atoms with Crippen molar-refractivity contribution in [3.05, 3.63) is 11.2 Å². The largest absolute Gasteiger partial charge is 0.383 e. The molecule has 3 nitrogen and oxygen atoms in total. The van der Waals surface area contributed by atoms with Crippen LogP contribution in [0.25, 0.3) is 0 Å². The summed E-state index contributed by atoms with van der Waals surface area (Å²) in [5.41, 5.74) is 6.52. The number of hydrogen-bond acceptors (Lipinski definition) is 2. The van der Waals surface area contributed by atoms with E-state index in [-0.39, 0.29) is 0 Å².